The molecule has 4 nitrogen and oxygen atoms in total. The fourth-order valence-corrected chi connectivity index (χ4v) is 2.40. The topological polar surface area (TPSA) is 57.6 Å². The van der Waals surface area contributed by atoms with Crippen LogP contribution in [0, 0.1) is 17.8 Å². The third-order valence-electron chi connectivity index (χ3n) is 3.34. The SMILES string of the molecule is O=C1C2C(CO)C2C(=O)N1C1CC1. The molecule has 0 aromatic heterocycles. The summed E-state index contributed by atoms with van der Waals surface area (Å²) in [6.07, 6.45) is 1.95. The second-order valence-corrected chi connectivity index (χ2v) is 4.18. The van der Waals surface area contributed by atoms with Gasteiger partial charge in [0.1, 0.15) is 0 Å². The minimum absolute atomic E-state index is 0.0225. The molecule has 3 rings (SSSR count). The number of likely N-dealkylation sites (tertiary alicyclic amines) is 1. The summed E-state index contributed by atoms with van der Waals surface area (Å²) in [7, 11) is 0. The van der Waals surface area contributed by atoms with Crippen LogP contribution in [0.2, 0.25) is 0 Å². The second kappa shape index (κ2) is 2.12. The molecule has 2 saturated carbocycles. The molecule has 1 aliphatic heterocycles. The van der Waals surface area contributed by atoms with Crippen LogP contribution in [0.1, 0.15) is 12.8 Å². The highest BCUT2D eigenvalue weighted by atomic mass is 16.3. The van der Waals surface area contributed by atoms with Crippen molar-refractivity contribution >= 4 is 11.8 Å². The van der Waals surface area contributed by atoms with E-state index in [-0.39, 0.29) is 42.2 Å². The summed E-state index contributed by atoms with van der Waals surface area (Å²) in [5.74, 6) is -0.459. The highest BCUT2D eigenvalue weighted by Gasteiger charge is 2.68. The largest absolute Gasteiger partial charge is 0.396 e. The molecule has 70 valence electrons. The van der Waals surface area contributed by atoms with Gasteiger partial charge in [0.15, 0.2) is 0 Å². The Kier molecular flexibility index (Phi) is 1.22. The lowest BCUT2D eigenvalue weighted by atomic mass is 10.2. The van der Waals surface area contributed by atoms with E-state index in [2.05, 4.69) is 0 Å². The Morgan fingerprint density at radius 2 is 1.77 bits per heavy atom. The molecular formula is C9H11NO3. The first-order valence-corrected chi connectivity index (χ1v) is 4.73. The van der Waals surface area contributed by atoms with Gasteiger partial charge in [-0.25, -0.2) is 0 Å². The monoisotopic (exact) mass is 181 g/mol. The van der Waals surface area contributed by atoms with Gasteiger partial charge in [-0.05, 0) is 12.8 Å². The quantitative estimate of drug-likeness (QED) is 0.577. The van der Waals surface area contributed by atoms with Gasteiger partial charge in [0, 0.05) is 18.6 Å². The van der Waals surface area contributed by atoms with Crippen molar-refractivity contribution < 1.29 is 14.7 Å². The van der Waals surface area contributed by atoms with Gasteiger partial charge < -0.3 is 5.11 Å². The summed E-state index contributed by atoms with van der Waals surface area (Å²) >= 11 is 0. The van der Waals surface area contributed by atoms with E-state index in [0.29, 0.717) is 0 Å². The van der Waals surface area contributed by atoms with Gasteiger partial charge >= 0.3 is 0 Å². The maximum Gasteiger partial charge on any atom is 0.233 e. The Balaban J connectivity index is 1.84. The van der Waals surface area contributed by atoms with Crippen LogP contribution in [-0.2, 0) is 9.59 Å². The fraction of sp³-hybridized carbons (Fsp3) is 0.778. The predicted octanol–water partition coefficient (Wildman–Crippen LogP) is -0.628. The van der Waals surface area contributed by atoms with Gasteiger partial charge in [-0.2, -0.15) is 0 Å². The molecule has 0 aromatic rings. The van der Waals surface area contributed by atoms with Gasteiger partial charge in [-0.15, -0.1) is 0 Å². The van der Waals surface area contributed by atoms with Crippen LogP contribution in [0.25, 0.3) is 0 Å². The van der Waals surface area contributed by atoms with Crippen molar-refractivity contribution in [3.05, 3.63) is 0 Å². The zero-order valence-electron chi connectivity index (χ0n) is 7.14. The molecule has 0 bridgehead atoms. The van der Waals surface area contributed by atoms with E-state index in [0.717, 1.165) is 12.8 Å². The van der Waals surface area contributed by atoms with Crippen molar-refractivity contribution in [1.82, 2.24) is 4.90 Å². The maximum atomic E-state index is 11.6. The number of imide groups is 1. The molecule has 13 heavy (non-hydrogen) atoms. The van der Waals surface area contributed by atoms with Gasteiger partial charge in [-0.3, -0.25) is 14.5 Å². The molecule has 2 amide bonds. The molecule has 2 aliphatic carbocycles. The summed E-state index contributed by atoms with van der Waals surface area (Å²) in [5.41, 5.74) is 0. The van der Waals surface area contributed by atoms with Crippen LogP contribution in [0.4, 0.5) is 0 Å². The third-order valence-corrected chi connectivity index (χ3v) is 3.34. The molecule has 1 saturated heterocycles. The van der Waals surface area contributed by atoms with Crippen LogP contribution in [0.5, 0.6) is 0 Å². The summed E-state index contributed by atoms with van der Waals surface area (Å²) < 4.78 is 0. The van der Waals surface area contributed by atoms with Crippen LogP contribution < -0.4 is 0 Å². The first-order valence-electron chi connectivity index (χ1n) is 4.73. The predicted molar refractivity (Wildman–Crippen MR) is 42.4 cm³/mol. The van der Waals surface area contributed by atoms with Crippen molar-refractivity contribution in [3.63, 3.8) is 0 Å². The number of rotatable bonds is 2. The minimum Gasteiger partial charge on any atom is -0.396 e. The van der Waals surface area contributed by atoms with Gasteiger partial charge in [0.2, 0.25) is 11.8 Å². The molecule has 1 heterocycles. The lowest BCUT2D eigenvalue weighted by Crippen LogP contribution is -2.36. The van der Waals surface area contributed by atoms with Gasteiger partial charge in [-0.1, -0.05) is 0 Å². The van der Waals surface area contributed by atoms with Crippen molar-refractivity contribution in [1.29, 1.82) is 0 Å². The van der Waals surface area contributed by atoms with E-state index in [9.17, 15) is 9.59 Å². The first-order chi connectivity index (χ1) is 6.25. The van der Waals surface area contributed by atoms with E-state index in [1.54, 1.807) is 0 Å². The molecule has 4 heteroatoms. The highest BCUT2D eigenvalue weighted by molar-refractivity contribution is 6.10. The number of aliphatic hydroxyl groups is 1. The zero-order chi connectivity index (χ0) is 9.16. The molecule has 2 unspecified atom stereocenters. The minimum atomic E-state index is -0.168. The van der Waals surface area contributed by atoms with Gasteiger partial charge in [0.25, 0.3) is 0 Å². The zero-order valence-corrected chi connectivity index (χ0v) is 7.14. The van der Waals surface area contributed by atoms with Crippen molar-refractivity contribution in [2.75, 3.05) is 6.61 Å². The summed E-state index contributed by atoms with van der Waals surface area (Å²) in [5, 5.41) is 8.86. The Labute approximate surface area is 75.5 Å². The molecule has 0 radical (unpaired) electrons. The lowest BCUT2D eigenvalue weighted by molar-refractivity contribution is -0.143. The van der Waals surface area contributed by atoms with Crippen LogP contribution in [0.3, 0.4) is 0 Å². The van der Waals surface area contributed by atoms with E-state index in [1.165, 1.54) is 4.90 Å². The van der Waals surface area contributed by atoms with Gasteiger partial charge in [0.05, 0.1) is 11.8 Å². The number of fused-ring (bicyclic) bond motifs is 1. The fourth-order valence-electron chi connectivity index (χ4n) is 2.40. The van der Waals surface area contributed by atoms with Crippen molar-refractivity contribution in [3.8, 4) is 0 Å². The van der Waals surface area contributed by atoms with E-state index < -0.39 is 0 Å². The van der Waals surface area contributed by atoms with Crippen LogP contribution in [-0.4, -0.2) is 34.5 Å². The molecule has 1 N–H and O–H groups in total. The third kappa shape index (κ3) is 0.790. The molecule has 2 atom stereocenters. The number of amides is 2. The lowest BCUT2D eigenvalue weighted by Gasteiger charge is -2.16. The van der Waals surface area contributed by atoms with E-state index in [1.807, 2.05) is 0 Å². The number of carbonyl (C=O) groups is 2. The molecular weight excluding hydrogens is 170 g/mol. The number of hydrogen-bond donors (Lipinski definition) is 1. The summed E-state index contributed by atoms with van der Waals surface area (Å²) in [4.78, 5) is 24.6. The molecule has 3 aliphatic rings. The van der Waals surface area contributed by atoms with Crippen LogP contribution >= 0.6 is 0 Å². The molecule has 3 fully saturated rings. The number of piperidine rings is 1. The van der Waals surface area contributed by atoms with Crippen molar-refractivity contribution in [2.24, 2.45) is 17.8 Å². The summed E-state index contributed by atoms with van der Waals surface area (Å²) in [6, 6.07) is 0.201. The Bertz CT molecular complexity index is 275. The first kappa shape index (κ1) is 7.50. The standard InChI is InChI=1S/C9H11NO3/c11-3-5-6-7(5)9(13)10(8(6)12)4-1-2-4/h4-7,11H,1-3H2. The average Bonchev–Trinajstić information content (AvgIpc) is 2.98. The molecule has 0 spiro atoms. The highest BCUT2D eigenvalue weighted by Crippen LogP contribution is 2.55. The number of nitrogens with zero attached hydrogens (tertiary/aromatic N) is 1. The second-order valence-electron chi connectivity index (χ2n) is 4.18. The maximum absolute atomic E-state index is 11.6. The normalized spacial score (nSPS) is 42.5. The number of hydrogen-bond acceptors (Lipinski definition) is 3. The van der Waals surface area contributed by atoms with Crippen LogP contribution in [0.15, 0.2) is 0 Å². The van der Waals surface area contributed by atoms with E-state index in [4.69, 9.17) is 5.11 Å². The molecule has 0 aromatic carbocycles. The number of aliphatic hydroxyl groups excluding tert-OH is 1. The average molecular weight is 181 g/mol. The Hall–Kier alpha value is -0.900. The Morgan fingerprint density at radius 3 is 2.15 bits per heavy atom. The van der Waals surface area contributed by atoms with E-state index >= 15 is 0 Å². The van der Waals surface area contributed by atoms with Crippen molar-refractivity contribution in [2.45, 2.75) is 18.9 Å². The Morgan fingerprint density at radius 1 is 1.23 bits per heavy atom. The summed E-state index contributed by atoms with van der Waals surface area (Å²) in [6.45, 7) is -0.0225. The number of carbonyl (C=O) groups excluding carboxylic acids is 2. The smallest absolute Gasteiger partial charge is 0.233 e.